The number of carbonyl (C=O) groups is 3. The van der Waals surface area contributed by atoms with Crippen LogP contribution < -0.4 is 5.32 Å². The summed E-state index contributed by atoms with van der Waals surface area (Å²) in [7, 11) is 0. The van der Waals surface area contributed by atoms with Crippen LogP contribution in [0.4, 0.5) is 5.69 Å². The summed E-state index contributed by atoms with van der Waals surface area (Å²) in [5, 5.41) is 2.65. The third-order valence-corrected chi connectivity index (χ3v) is 4.08. The SMILES string of the molecule is CC(=O)c1ccccc1NC(=O)[C@@H](C)OC(=O)C[C@H](C)c1ccccc1. The van der Waals surface area contributed by atoms with Gasteiger partial charge < -0.3 is 10.1 Å². The molecule has 1 N–H and O–H groups in total. The number of para-hydroxylation sites is 1. The number of esters is 1. The maximum absolute atomic E-state index is 12.3. The smallest absolute Gasteiger partial charge is 0.307 e. The van der Waals surface area contributed by atoms with Crippen molar-refractivity contribution in [3.63, 3.8) is 0 Å². The van der Waals surface area contributed by atoms with Crippen LogP contribution in [0.25, 0.3) is 0 Å². The van der Waals surface area contributed by atoms with Gasteiger partial charge in [0.2, 0.25) is 0 Å². The summed E-state index contributed by atoms with van der Waals surface area (Å²) in [5.41, 5.74) is 1.86. The minimum Gasteiger partial charge on any atom is -0.453 e. The number of ketones is 1. The van der Waals surface area contributed by atoms with Gasteiger partial charge in [0.1, 0.15) is 0 Å². The number of nitrogens with one attached hydrogen (secondary N) is 1. The van der Waals surface area contributed by atoms with Gasteiger partial charge >= 0.3 is 5.97 Å². The predicted octanol–water partition coefficient (Wildman–Crippen LogP) is 3.95. The Balaban J connectivity index is 1.92. The topological polar surface area (TPSA) is 72.5 Å². The fourth-order valence-corrected chi connectivity index (χ4v) is 2.58. The maximum atomic E-state index is 12.3. The molecule has 0 heterocycles. The molecule has 0 spiro atoms. The summed E-state index contributed by atoms with van der Waals surface area (Å²) in [6.07, 6.45) is -0.767. The molecule has 2 rings (SSSR count). The van der Waals surface area contributed by atoms with Crippen molar-refractivity contribution in [3.8, 4) is 0 Å². The normalized spacial score (nSPS) is 12.7. The molecule has 0 aliphatic rings. The second-order valence-corrected chi connectivity index (χ2v) is 6.24. The molecular formula is C21H23NO4. The molecule has 0 radical (unpaired) electrons. The van der Waals surface area contributed by atoms with Crippen LogP contribution in [0.5, 0.6) is 0 Å². The highest BCUT2D eigenvalue weighted by Crippen LogP contribution is 2.20. The van der Waals surface area contributed by atoms with Crippen molar-refractivity contribution in [2.75, 3.05) is 5.32 Å². The zero-order valence-corrected chi connectivity index (χ0v) is 15.2. The van der Waals surface area contributed by atoms with Crippen LogP contribution in [0.15, 0.2) is 54.6 Å². The highest BCUT2D eigenvalue weighted by atomic mass is 16.5. The fraction of sp³-hybridized carbons (Fsp3) is 0.286. The standard InChI is InChI=1S/C21H23NO4/c1-14(17-9-5-4-6-10-17)13-20(24)26-16(3)21(25)22-19-12-8-7-11-18(19)15(2)23/h4-12,14,16H,13H2,1-3H3,(H,22,25)/t14-,16+/m0/s1. The Morgan fingerprint density at radius 1 is 0.962 bits per heavy atom. The van der Waals surface area contributed by atoms with Gasteiger partial charge in [0.15, 0.2) is 11.9 Å². The lowest BCUT2D eigenvalue weighted by molar-refractivity contribution is -0.153. The minimum atomic E-state index is -0.953. The van der Waals surface area contributed by atoms with E-state index in [1.54, 1.807) is 24.3 Å². The monoisotopic (exact) mass is 353 g/mol. The van der Waals surface area contributed by atoms with Gasteiger partial charge in [-0.3, -0.25) is 14.4 Å². The molecule has 1 amide bonds. The number of benzene rings is 2. The highest BCUT2D eigenvalue weighted by Gasteiger charge is 2.21. The summed E-state index contributed by atoms with van der Waals surface area (Å²) < 4.78 is 5.24. The number of ether oxygens (including phenoxy) is 1. The zero-order chi connectivity index (χ0) is 19.1. The zero-order valence-electron chi connectivity index (χ0n) is 15.2. The van der Waals surface area contributed by atoms with Crippen LogP contribution in [-0.4, -0.2) is 23.8 Å². The van der Waals surface area contributed by atoms with Crippen LogP contribution in [-0.2, 0) is 14.3 Å². The Kier molecular flexibility index (Phi) is 6.67. The van der Waals surface area contributed by atoms with E-state index in [1.165, 1.54) is 13.8 Å². The maximum Gasteiger partial charge on any atom is 0.307 e. The molecule has 0 bridgehead atoms. The molecule has 136 valence electrons. The second kappa shape index (κ2) is 8.94. The number of hydrogen-bond acceptors (Lipinski definition) is 4. The number of rotatable bonds is 7. The molecule has 5 nitrogen and oxygen atoms in total. The third-order valence-electron chi connectivity index (χ3n) is 4.08. The number of carbonyl (C=O) groups excluding carboxylic acids is 3. The number of amides is 1. The molecule has 0 aromatic heterocycles. The molecule has 2 aromatic carbocycles. The number of anilines is 1. The first-order chi connectivity index (χ1) is 12.4. The van der Waals surface area contributed by atoms with Gasteiger partial charge in [-0.15, -0.1) is 0 Å². The van der Waals surface area contributed by atoms with E-state index in [1.807, 2.05) is 37.3 Å². The molecule has 5 heteroatoms. The highest BCUT2D eigenvalue weighted by molar-refractivity contribution is 6.04. The third kappa shape index (κ3) is 5.28. The summed E-state index contributed by atoms with van der Waals surface area (Å²) in [4.78, 5) is 36.0. The Labute approximate surface area is 153 Å². The molecular weight excluding hydrogens is 330 g/mol. The first kappa shape index (κ1) is 19.4. The molecule has 0 aliphatic carbocycles. The minimum absolute atomic E-state index is 0.00241. The van der Waals surface area contributed by atoms with E-state index in [2.05, 4.69) is 5.32 Å². The molecule has 2 aromatic rings. The molecule has 0 unspecified atom stereocenters. The van der Waals surface area contributed by atoms with E-state index in [0.29, 0.717) is 11.3 Å². The predicted molar refractivity (Wildman–Crippen MR) is 100 cm³/mol. The largest absolute Gasteiger partial charge is 0.453 e. The average Bonchev–Trinajstić information content (AvgIpc) is 2.62. The van der Waals surface area contributed by atoms with Gasteiger partial charge in [0, 0.05) is 5.56 Å². The first-order valence-electron chi connectivity index (χ1n) is 8.53. The van der Waals surface area contributed by atoms with Crippen molar-refractivity contribution in [1.82, 2.24) is 0 Å². The molecule has 0 saturated heterocycles. The van der Waals surface area contributed by atoms with Gasteiger partial charge in [0.25, 0.3) is 5.91 Å². The van der Waals surface area contributed by atoms with Gasteiger partial charge in [0.05, 0.1) is 12.1 Å². The van der Waals surface area contributed by atoms with Crippen LogP contribution in [0, 0.1) is 0 Å². The Morgan fingerprint density at radius 2 is 1.58 bits per heavy atom. The van der Waals surface area contributed by atoms with Crippen molar-refractivity contribution in [2.24, 2.45) is 0 Å². The van der Waals surface area contributed by atoms with Crippen LogP contribution >= 0.6 is 0 Å². The summed E-state index contributed by atoms with van der Waals surface area (Å²) >= 11 is 0. The van der Waals surface area contributed by atoms with E-state index >= 15 is 0 Å². The first-order valence-corrected chi connectivity index (χ1v) is 8.53. The van der Waals surface area contributed by atoms with Crippen LogP contribution in [0.2, 0.25) is 0 Å². The summed E-state index contributed by atoms with van der Waals surface area (Å²) in [6.45, 7) is 4.88. The molecule has 26 heavy (non-hydrogen) atoms. The van der Waals surface area contributed by atoms with E-state index in [4.69, 9.17) is 4.74 Å². The van der Waals surface area contributed by atoms with Crippen LogP contribution in [0.1, 0.15) is 49.0 Å². The molecule has 0 saturated carbocycles. The lowest BCUT2D eigenvalue weighted by Crippen LogP contribution is -2.30. The quantitative estimate of drug-likeness (QED) is 0.604. The van der Waals surface area contributed by atoms with Crippen molar-refractivity contribution in [1.29, 1.82) is 0 Å². The van der Waals surface area contributed by atoms with E-state index in [-0.39, 0.29) is 18.1 Å². The van der Waals surface area contributed by atoms with Crippen molar-refractivity contribution >= 4 is 23.3 Å². The van der Waals surface area contributed by atoms with Gasteiger partial charge in [-0.2, -0.15) is 0 Å². The molecule has 0 fully saturated rings. The van der Waals surface area contributed by atoms with Gasteiger partial charge in [-0.25, -0.2) is 0 Å². The Morgan fingerprint density at radius 3 is 2.23 bits per heavy atom. The Hall–Kier alpha value is -2.95. The summed E-state index contributed by atoms with van der Waals surface area (Å²) in [5.74, 6) is -1.07. The number of hydrogen-bond donors (Lipinski definition) is 1. The van der Waals surface area contributed by atoms with E-state index in [9.17, 15) is 14.4 Å². The number of Topliss-reactive ketones (excluding diaryl/α,β-unsaturated/α-hetero) is 1. The lowest BCUT2D eigenvalue weighted by atomic mass is 9.98. The van der Waals surface area contributed by atoms with Crippen LogP contribution in [0.3, 0.4) is 0 Å². The summed E-state index contributed by atoms with van der Waals surface area (Å²) in [6, 6.07) is 16.4. The van der Waals surface area contributed by atoms with Gasteiger partial charge in [-0.05, 0) is 37.5 Å². The van der Waals surface area contributed by atoms with Crippen molar-refractivity contribution < 1.29 is 19.1 Å². The Bertz CT molecular complexity index is 786. The van der Waals surface area contributed by atoms with E-state index < -0.39 is 18.0 Å². The second-order valence-electron chi connectivity index (χ2n) is 6.24. The van der Waals surface area contributed by atoms with E-state index in [0.717, 1.165) is 5.56 Å². The fourth-order valence-electron chi connectivity index (χ4n) is 2.58. The average molecular weight is 353 g/mol. The van der Waals surface area contributed by atoms with Crippen molar-refractivity contribution in [2.45, 2.75) is 39.2 Å². The lowest BCUT2D eigenvalue weighted by Gasteiger charge is -2.16. The van der Waals surface area contributed by atoms with Gasteiger partial charge in [-0.1, -0.05) is 49.4 Å². The molecule has 2 atom stereocenters. The molecule has 0 aliphatic heterocycles. The van der Waals surface area contributed by atoms with Crippen molar-refractivity contribution in [3.05, 3.63) is 65.7 Å².